The summed E-state index contributed by atoms with van der Waals surface area (Å²) in [5, 5.41) is 9.20. The number of aliphatic hydroxyl groups excluding tert-OH is 1. The molecule has 1 aromatic rings. The highest BCUT2D eigenvalue weighted by atomic mass is 16.5. The molecule has 0 heterocycles. The molecular weight excluding hydrogens is 220 g/mol. The maximum absolute atomic E-state index is 11.5. The van der Waals surface area contributed by atoms with Gasteiger partial charge in [-0.05, 0) is 25.8 Å². The molecular formula is C13H16O4. The minimum Gasteiger partial charge on any atom is -0.460 e. The van der Waals surface area contributed by atoms with Crippen molar-refractivity contribution in [3.63, 3.8) is 0 Å². The second kappa shape index (κ2) is 6.15. The third-order valence-electron chi connectivity index (χ3n) is 2.21. The molecule has 0 aliphatic carbocycles. The van der Waals surface area contributed by atoms with Gasteiger partial charge in [-0.2, -0.15) is 0 Å². The van der Waals surface area contributed by atoms with Gasteiger partial charge in [0, 0.05) is 5.56 Å². The largest absolute Gasteiger partial charge is 0.460 e. The molecule has 0 saturated heterocycles. The van der Waals surface area contributed by atoms with Gasteiger partial charge in [-0.25, -0.2) is 4.79 Å². The van der Waals surface area contributed by atoms with Crippen molar-refractivity contribution in [3.8, 4) is 0 Å². The van der Waals surface area contributed by atoms with Gasteiger partial charge in [0.2, 0.25) is 0 Å². The van der Waals surface area contributed by atoms with Crippen molar-refractivity contribution >= 4 is 11.8 Å². The van der Waals surface area contributed by atoms with E-state index in [1.807, 2.05) is 0 Å². The smallest absolute Gasteiger partial charge is 0.379 e. The van der Waals surface area contributed by atoms with Crippen LogP contribution in [0, 0.1) is 0 Å². The Bertz CT molecular complexity index is 392. The number of ether oxygens (including phenoxy) is 1. The van der Waals surface area contributed by atoms with E-state index < -0.39 is 17.9 Å². The highest BCUT2D eigenvalue weighted by molar-refractivity contribution is 6.40. The zero-order valence-electron chi connectivity index (χ0n) is 9.97. The zero-order chi connectivity index (χ0) is 12.8. The van der Waals surface area contributed by atoms with Gasteiger partial charge in [0.15, 0.2) is 0 Å². The van der Waals surface area contributed by atoms with Crippen molar-refractivity contribution in [1.29, 1.82) is 0 Å². The van der Waals surface area contributed by atoms with Crippen molar-refractivity contribution in [2.75, 3.05) is 6.61 Å². The van der Waals surface area contributed by atoms with Crippen molar-refractivity contribution in [2.45, 2.75) is 26.4 Å². The molecule has 0 bridgehead atoms. The normalized spacial score (nSPS) is 11.9. The van der Waals surface area contributed by atoms with Crippen LogP contribution >= 0.6 is 0 Å². The van der Waals surface area contributed by atoms with Crippen molar-refractivity contribution in [3.05, 3.63) is 35.4 Å². The third-order valence-corrected chi connectivity index (χ3v) is 2.21. The van der Waals surface area contributed by atoms with E-state index in [-0.39, 0.29) is 6.61 Å². The first kappa shape index (κ1) is 13.4. The molecule has 0 amide bonds. The Kier molecular flexibility index (Phi) is 4.84. The van der Waals surface area contributed by atoms with Crippen molar-refractivity contribution in [1.82, 2.24) is 0 Å². The summed E-state index contributed by atoms with van der Waals surface area (Å²) in [7, 11) is 0. The quantitative estimate of drug-likeness (QED) is 0.476. The molecule has 4 heteroatoms. The van der Waals surface area contributed by atoms with Gasteiger partial charge in [-0.15, -0.1) is 0 Å². The van der Waals surface area contributed by atoms with E-state index >= 15 is 0 Å². The average molecular weight is 236 g/mol. The number of rotatable bonds is 5. The van der Waals surface area contributed by atoms with Gasteiger partial charge >= 0.3 is 5.97 Å². The van der Waals surface area contributed by atoms with Gasteiger partial charge in [-0.3, -0.25) is 4.79 Å². The minimum absolute atomic E-state index is 0.185. The van der Waals surface area contributed by atoms with E-state index in [1.54, 1.807) is 38.1 Å². The van der Waals surface area contributed by atoms with Gasteiger partial charge in [0.1, 0.15) is 0 Å². The number of hydrogen-bond donors (Lipinski definition) is 1. The van der Waals surface area contributed by atoms with Crippen LogP contribution < -0.4 is 0 Å². The molecule has 1 aromatic carbocycles. The molecule has 0 radical (unpaired) electrons. The lowest BCUT2D eigenvalue weighted by Gasteiger charge is -2.05. The molecule has 0 saturated carbocycles. The van der Waals surface area contributed by atoms with Crippen LogP contribution in [0.15, 0.2) is 24.3 Å². The third kappa shape index (κ3) is 4.00. The topological polar surface area (TPSA) is 63.6 Å². The minimum atomic E-state index is -0.837. The molecule has 1 rings (SSSR count). The van der Waals surface area contributed by atoms with Crippen LogP contribution in [0.25, 0.3) is 0 Å². The Labute approximate surface area is 100 Å². The summed E-state index contributed by atoms with van der Waals surface area (Å²) in [6.07, 6.45) is 0.0926. The number of benzene rings is 1. The Hall–Kier alpha value is -1.68. The lowest BCUT2D eigenvalue weighted by molar-refractivity contribution is -0.137. The Morgan fingerprint density at radius 3 is 2.35 bits per heavy atom. The van der Waals surface area contributed by atoms with Crippen LogP contribution in [0.1, 0.15) is 29.8 Å². The second-order valence-electron chi connectivity index (χ2n) is 3.80. The number of carbonyl (C=O) groups is 2. The highest BCUT2D eigenvalue weighted by Gasteiger charge is 2.16. The summed E-state index contributed by atoms with van der Waals surface area (Å²) in [5.41, 5.74) is 1.22. The standard InChI is InChI=1S/C13H16O4/c1-3-17-13(16)12(15)11-6-4-10(5-7-11)8-9(2)14/h4-7,9,14H,3,8H2,1-2H3. The first-order chi connectivity index (χ1) is 8.04. The lowest BCUT2D eigenvalue weighted by atomic mass is 10.0. The van der Waals surface area contributed by atoms with Crippen LogP contribution in [0.2, 0.25) is 0 Å². The second-order valence-corrected chi connectivity index (χ2v) is 3.80. The van der Waals surface area contributed by atoms with E-state index in [2.05, 4.69) is 4.74 Å². The maximum atomic E-state index is 11.5. The number of Topliss-reactive ketones (excluding diaryl/α,β-unsaturated/α-hetero) is 1. The van der Waals surface area contributed by atoms with E-state index in [0.29, 0.717) is 12.0 Å². The summed E-state index contributed by atoms with van der Waals surface area (Å²) < 4.78 is 4.62. The monoisotopic (exact) mass is 236 g/mol. The van der Waals surface area contributed by atoms with E-state index in [9.17, 15) is 14.7 Å². The van der Waals surface area contributed by atoms with Crippen LogP contribution in [0.4, 0.5) is 0 Å². The SMILES string of the molecule is CCOC(=O)C(=O)c1ccc(CC(C)O)cc1. The molecule has 0 aliphatic heterocycles. The summed E-state index contributed by atoms with van der Waals surface area (Å²) in [4.78, 5) is 22.7. The van der Waals surface area contributed by atoms with Crippen LogP contribution in [-0.2, 0) is 16.0 Å². The molecule has 0 aromatic heterocycles. The Morgan fingerprint density at radius 1 is 1.29 bits per heavy atom. The van der Waals surface area contributed by atoms with Crippen LogP contribution in [-0.4, -0.2) is 29.6 Å². The molecule has 4 nitrogen and oxygen atoms in total. The maximum Gasteiger partial charge on any atom is 0.379 e. The predicted octanol–water partition coefficient (Wildman–Crippen LogP) is 1.36. The summed E-state index contributed by atoms with van der Waals surface area (Å²) in [6.45, 7) is 3.53. The fourth-order valence-corrected chi connectivity index (χ4v) is 1.45. The molecule has 1 N–H and O–H groups in total. The molecule has 1 unspecified atom stereocenters. The number of carbonyl (C=O) groups excluding carboxylic acids is 2. The molecule has 92 valence electrons. The zero-order valence-corrected chi connectivity index (χ0v) is 9.97. The number of aliphatic hydroxyl groups is 1. The van der Waals surface area contributed by atoms with E-state index in [0.717, 1.165) is 5.56 Å². The molecule has 0 spiro atoms. The molecule has 1 atom stereocenters. The van der Waals surface area contributed by atoms with E-state index in [4.69, 9.17) is 0 Å². The number of esters is 1. The van der Waals surface area contributed by atoms with E-state index in [1.165, 1.54) is 0 Å². The number of hydrogen-bond acceptors (Lipinski definition) is 4. The molecule has 0 aliphatic rings. The number of ketones is 1. The van der Waals surface area contributed by atoms with Crippen molar-refractivity contribution < 1.29 is 19.4 Å². The average Bonchev–Trinajstić information content (AvgIpc) is 2.28. The summed E-state index contributed by atoms with van der Waals surface area (Å²) in [6, 6.07) is 6.58. The highest BCUT2D eigenvalue weighted by Crippen LogP contribution is 2.08. The fourth-order valence-electron chi connectivity index (χ4n) is 1.45. The van der Waals surface area contributed by atoms with Crippen LogP contribution in [0.5, 0.6) is 0 Å². The summed E-state index contributed by atoms with van der Waals surface area (Å²) >= 11 is 0. The first-order valence-corrected chi connectivity index (χ1v) is 5.53. The molecule has 17 heavy (non-hydrogen) atoms. The van der Waals surface area contributed by atoms with Crippen molar-refractivity contribution in [2.24, 2.45) is 0 Å². The van der Waals surface area contributed by atoms with Crippen LogP contribution in [0.3, 0.4) is 0 Å². The lowest BCUT2D eigenvalue weighted by Crippen LogP contribution is -2.17. The van der Waals surface area contributed by atoms with Gasteiger partial charge in [0.25, 0.3) is 5.78 Å². The fraction of sp³-hybridized carbons (Fsp3) is 0.385. The first-order valence-electron chi connectivity index (χ1n) is 5.53. The Morgan fingerprint density at radius 2 is 1.88 bits per heavy atom. The van der Waals surface area contributed by atoms with Gasteiger partial charge in [0.05, 0.1) is 12.7 Å². The molecule has 0 fully saturated rings. The van der Waals surface area contributed by atoms with Gasteiger partial charge in [-0.1, -0.05) is 24.3 Å². The Balaban J connectivity index is 2.73. The predicted molar refractivity (Wildman–Crippen MR) is 62.8 cm³/mol. The van der Waals surface area contributed by atoms with Gasteiger partial charge < -0.3 is 9.84 Å². The summed E-state index contributed by atoms with van der Waals surface area (Å²) in [5.74, 6) is -1.48.